The van der Waals surface area contributed by atoms with Gasteiger partial charge in [-0.2, -0.15) is 0 Å². The first kappa shape index (κ1) is 19.8. The molecule has 0 amide bonds. The van der Waals surface area contributed by atoms with Crippen LogP contribution in [0.3, 0.4) is 0 Å². The highest BCUT2D eigenvalue weighted by Crippen LogP contribution is 2.42. The predicted octanol–water partition coefficient (Wildman–Crippen LogP) is 9.37. The molecule has 0 unspecified atom stereocenters. The third-order valence-corrected chi connectivity index (χ3v) is 8.38. The van der Waals surface area contributed by atoms with Crippen LogP contribution < -0.4 is 0 Å². The normalized spacial score (nSPS) is 11.9. The second kappa shape index (κ2) is 7.51. The number of rotatable bonds is 2. The van der Waals surface area contributed by atoms with Crippen molar-refractivity contribution in [2.45, 2.75) is 0 Å². The molecule has 0 saturated heterocycles. The van der Waals surface area contributed by atoms with Gasteiger partial charge in [0.15, 0.2) is 0 Å². The Morgan fingerprint density at radius 2 is 1.39 bits per heavy atom. The molecular formula is C33H20N2S. The topological polar surface area (TPSA) is 17.8 Å². The summed E-state index contributed by atoms with van der Waals surface area (Å²) in [6, 6.07) is 41.5. The molecule has 5 aromatic carbocycles. The molecule has 0 radical (unpaired) electrons. The number of fused-ring (bicyclic) bond motifs is 8. The maximum absolute atomic E-state index is 4.81. The fourth-order valence-electron chi connectivity index (χ4n) is 5.66. The summed E-state index contributed by atoms with van der Waals surface area (Å²) >= 11 is 1.86. The van der Waals surface area contributed by atoms with Crippen LogP contribution in [0.5, 0.6) is 0 Å². The third kappa shape index (κ3) is 2.75. The molecule has 8 rings (SSSR count). The van der Waals surface area contributed by atoms with E-state index in [1.165, 1.54) is 53.0 Å². The van der Waals surface area contributed by atoms with Gasteiger partial charge in [-0.1, -0.05) is 72.8 Å². The van der Waals surface area contributed by atoms with Gasteiger partial charge >= 0.3 is 0 Å². The molecule has 0 aliphatic rings. The molecule has 3 heteroatoms. The monoisotopic (exact) mass is 476 g/mol. The van der Waals surface area contributed by atoms with Crippen LogP contribution in [0.4, 0.5) is 0 Å². The molecule has 36 heavy (non-hydrogen) atoms. The van der Waals surface area contributed by atoms with E-state index < -0.39 is 0 Å². The van der Waals surface area contributed by atoms with Gasteiger partial charge < -0.3 is 4.57 Å². The number of hydrogen-bond donors (Lipinski definition) is 0. The summed E-state index contributed by atoms with van der Waals surface area (Å²) in [4.78, 5) is 4.81. The minimum absolute atomic E-state index is 1.04. The summed E-state index contributed by atoms with van der Waals surface area (Å²) in [6.45, 7) is 0. The second-order valence-electron chi connectivity index (χ2n) is 9.21. The van der Waals surface area contributed by atoms with Crippen molar-refractivity contribution in [1.82, 2.24) is 9.55 Å². The molecule has 168 valence electrons. The van der Waals surface area contributed by atoms with Crippen molar-refractivity contribution >= 4 is 64.2 Å². The van der Waals surface area contributed by atoms with Gasteiger partial charge in [0.05, 0.1) is 16.6 Å². The van der Waals surface area contributed by atoms with Crippen LogP contribution in [0.25, 0.3) is 69.7 Å². The minimum Gasteiger partial charge on any atom is -0.307 e. The number of pyridine rings is 1. The molecule has 0 fully saturated rings. The maximum atomic E-state index is 4.81. The molecule has 2 nitrogen and oxygen atoms in total. The van der Waals surface area contributed by atoms with Crippen molar-refractivity contribution in [3.05, 3.63) is 121 Å². The molecule has 3 aromatic heterocycles. The Labute approximate surface area is 211 Å². The van der Waals surface area contributed by atoms with Crippen molar-refractivity contribution in [3.63, 3.8) is 0 Å². The molecule has 0 spiro atoms. The summed E-state index contributed by atoms with van der Waals surface area (Å²) in [5.74, 6) is 0. The van der Waals surface area contributed by atoms with Crippen molar-refractivity contribution in [3.8, 4) is 16.8 Å². The minimum atomic E-state index is 1.04. The molecular weight excluding hydrogens is 456 g/mol. The first-order valence-electron chi connectivity index (χ1n) is 12.1. The number of benzene rings is 5. The van der Waals surface area contributed by atoms with Crippen LogP contribution in [-0.4, -0.2) is 9.55 Å². The molecule has 3 heterocycles. The van der Waals surface area contributed by atoms with Crippen molar-refractivity contribution in [2.24, 2.45) is 0 Å². The van der Waals surface area contributed by atoms with Crippen molar-refractivity contribution in [2.75, 3.05) is 0 Å². The van der Waals surface area contributed by atoms with Crippen LogP contribution in [0.1, 0.15) is 0 Å². The number of hydrogen-bond acceptors (Lipinski definition) is 2. The van der Waals surface area contributed by atoms with Crippen molar-refractivity contribution < 1.29 is 0 Å². The zero-order valence-electron chi connectivity index (χ0n) is 19.3. The largest absolute Gasteiger partial charge is 0.307 e. The van der Waals surface area contributed by atoms with Gasteiger partial charge in [-0.25, -0.2) is 0 Å². The smallest absolute Gasteiger partial charge is 0.0963 e. The average Bonchev–Trinajstić information content (AvgIpc) is 3.48. The summed E-state index contributed by atoms with van der Waals surface area (Å²) < 4.78 is 5.02. The quantitative estimate of drug-likeness (QED) is 0.243. The molecule has 0 saturated carbocycles. The van der Waals surface area contributed by atoms with Crippen LogP contribution in [0.2, 0.25) is 0 Å². The molecule has 0 aliphatic heterocycles. The van der Waals surface area contributed by atoms with E-state index in [2.05, 4.69) is 114 Å². The first-order valence-corrected chi connectivity index (χ1v) is 13.0. The molecule has 0 aliphatic carbocycles. The Morgan fingerprint density at radius 1 is 0.583 bits per heavy atom. The summed E-state index contributed by atoms with van der Waals surface area (Å²) in [6.07, 6.45) is 1.89. The average molecular weight is 477 g/mol. The van der Waals surface area contributed by atoms with Gasteiger partial charge in [-0.05, 0) is 64.4 Å². The van der Waals surface area contributed by atoms with Gasteiger partial charge in [0.25, 0.3) is 0 Å². The van der Waals surface area contributed by atoms with E-state index in [1.807, 2.05) is 23.6 Å². The lowest BCUT2D eigenvalue weighted by molar-refractivity contribution is 1.18. The highest BCUT2D eigenvalue weighted by Gasteiger charge is 2.18. The fraction of sp³-hybridized carbons (Fsp3) is 0. The predicted molar refractivity (Wildman–Crippen MR) is 154 cm³/mol. The number of aromatic nitrogens is 2. The number of nitrogens with zero attached hydrogens (tertiary/aromatic N) is 2. The Morgan fingerprint density at radius 3 is 2.31 bits per heavy atom. The summed E-state index contributed by atoms with van der Waals surface area (Å²) in [5.41, 5.74) is 7.04. The molecule has 0 bridgehead atoms. The van der Waals surface area contributed by atoms with E-state index >= 15 is 0 Å². The van der Waals surface area contributed by atoms with Gasteiger partial charge in [-0.15, -0.1) is 11.3 Å². The summed E-state index contributed by atoms with van der Waals surface area (Å²) in [7, 11) is 0. The fourth-order valence-corrected chi connectivity index (χ4v) is 6.77. The van der Waals surface area contributed by atoms with Crippen LogP contribution in [-0.2, 0) is 0 Å². The van der Waals surface area contributed by atoms with Crippen molar-refractivity contribution in [1.29, 1.82) is 0 Å². The van der Waals surface area contributed by atoms with E-state index in [4.69, 9.17) is 4.98 Å². The highest BCUT2D eigenvalue weighted by molar-refractivity contribution is 7.26. The van der Waals surface area contributed by atoms with E-state index in [0.29, 0.717) is 0 Å². The zero-order chi connectivity index (χ0) is 23.6. The van der Waals surface area contributed by atoms with E-state index in [1.54, 1.807) is 0 Å². The Bertz CT molecular complexity index is 2090. The van der Waals surface area contributed by atoms with Crippen LogP contribution in [0.15, 0.2) is 121 Å². The molecule has 0 N–H and O–H groups in total. The standard InChI is InChI=1S/C33H20N2S/c1-2-9-24-21(7-1)8-5-11-25(24)22-14-16-23(17-15-22)35-28-12-6-20-34-32(28)27-18-19-30-31(33(27)35)26-10-3-4-13-29(26)36-30/h1-20H. The van der Waals surface area contributed by atoms with Crippen LogP contribution in [0, 0.1) is 0 Å². The Balaban J connectivity index is 1.43. The second-order valence-corrected chi connectivity index (χ2v) is 10.3. The van der Waals surface area contributed by atoms with Gasteiger partial charge in [0.1, 0.15) is 0 Å². The lowest BCUT2D eigenvalue weighted by atomic mass is 9.98. The lowest BCUT2D eigenvalue weighted by Crippen LogP contribution is -1.94. The van der Waals surface area contributed by atoms with E-state index in [-0.39, 0.29) is 0 Å². The highest BCUT2D eigenvalue weighted by atomic mass is 32.1. The van der Waals surface area contributed by atoms with Gasteiger partial charge in [-0.3, -0.25) is 4.98 Å². The SMILES string of the molecule is c1ccc2c(-c3ccc(-n4c5cccnc5c5ccc6sc7ccccc7c6c54)cc3)cccc2c1. The molecule has 0 atom stereocenters. The van der Waals surface area contributed by atoms with Gasteiger partial charge in [0.2, 0.25) is 0 Å². The molecule has 8 aromatic rings. The third-order valence-electron chi connectivity index (χ3n) is 7.25. The maximum Gasteiger partial charge on any atom is 0.0963 e. The first-order chi connectivity index (χ1) is 17.9. The lowest BCUT2D eigenvalue weighted by Gasteiger charge is -2.11. The Kier molecular flexibility index (Phi) is 4.13. The Hall–Kier alpha value is -4.47. The van der Waals surface area contributed by atoms with Crippen LogP contribution >= 0.6 is 11.3 Å². The van der Waals surface area contributed by atoms with E-state index in [0.717, 1.165) is 16.7 Å². The zero-order valence-corrected chi connectivity index (χ0v) is 20.2. The van der Waals surface area contributed by atoms with Gasteiger partial charge in [0, 0.05) is 37.4 Å². The van der Waals surface area contributed by atoms with E-state index in [9.17, 15) is 0 Å². The number of thiophene rings is 1. The summed E-state index contributed by atoms with van der Waals surface area (Å²) in [5, 5.41) is 6.35.